The summed E-state index contributed by atoms with van der Waals surface area (Å²) in [5, 5.41) is 3.93. The molecular formula is C16H24F3N3O3S. The third kappa shape index (κ3) is 6.99. The Morgan fingerprint density at radius 1 is 1.38 bits per heavy atom. The highest BCUT2D eigenvalue weighted by molar-refractivity contribution is 7.91. The highest BCUT2D eigenvalue weighted by Gasteiger charge is 2.42. The molecule has 1 heterocycles. The topological polar surface area (TPSA) is 79.5 Å². The van der Waals surface area contributed by atoms with Crippen LogP contribution in [0.2, 0.25) is 0 Å². The van der Waals surface area contributed by atoms with E-state index in [4.69, 9.17) is 0 Å². The van der Waals surface area contributed by atoms with E-state index in [0.29, 0.717) is 5.56 Å². The van der Waals surface area contributed by atoms with Crippen LogP contribution in [0, 0.1) is 5.92 Å². The van der Waals surface area contributed by atoms with Crippen molar-refractivity contribution in [1.82, 2.24) is 9.78 Å². The van der Waals surface area contributed by atoms with E-state index in [1.54, 1.807) is 27.8 Å². The molecule has 0 aliphatic rings. The summed E-state index contributed by atoms with van der Waals surface area (Å²) in [6, 6.07) is 0. The molecular weight excluding hydrogens is 371 g/mol. The Hall–Kier alpha value is -1.55. The number of carbonyl (C=O) groups is 1. The fraction of sp³-hybridized carbons (Fsp3) is 0.688. The number of ether oxygens (including phenoxy) is 1. The first-order chi connectivity index (χ1) is 11.8. The molecule has 0 N–H and O–H groups in total. The van der Waals surface area contributed by atoms with Crippen molar-refractivity contribution in [1.29, 1.82) is 0 Å². The molecule has 0 saturated carbocycles. The fourth-order valence-corrected chi connectivity index (χ4v) is 2.63. The number of aryl methyl sites for hydroxylation is 1. The zero-order valence-corrected chi connectivity index (χ0v) is 16.3. The highest BCUT2D eigenvalue weighted by atomic mass is 32.2. The van der Waals surface area contributed by atoms with Crippen molar-refractivity contribution in [3.8, 4) is 0 Å². The van der Waals surface area contributed by atoms with E-state index in [1.807, 2.05) is 0 Å². The molecule has 2 unspecified atom stereocenters. The number of carbonyl (C=O) groups excluding carboxylic acids is 1. The lowest BCUT2D eigenvalue weighted by molar-refractivity contribution is -0.182. The first-order valence-electron chi connectivity index (χ1n) is 8.05. The van der Waals surface area contributed by atoms with Crippen LogP contribution in [0.1, 0.15) is 46.1 Å². The summed E-state index contributed by atoms with van der Waals surface area (Å²) in [5.41, 5.74) is 0.334. The van der Waals surface area contributed by atoms with Crippen LogP contribution < -0.4 is 0 Å². The van der Waals surface area contributed by atoms with E-state index in [9.17, 15) is 22.5 Å². The van der Waals surface area contributed by atoms with Crippen LogP contribution in [0.15, 0.2) is 16.8 Å². The van der Waals surface area contributed by atoms with Gasteiger partial charge in [-0.05, 0) is 27.7 Å². The number of rotatable bonds is 7. The summed E-state index contributed by atoms with van der Waals surface area (Å²) >= 11 is -1.75. The van der Waals surface area contributed by atoms with Gasteiger partial charge in [-0.3, -0.25) is 9.48 Å². The average Bonchev–Trinajstić information content (AvgIpc) is 2.90. The molecule has 0 bridgehead atoms. The second kappa shape index (κ2) is 8.90. The Balaban J connectivity index is 3.19. The second-order valence-electron chi connectivity index (χ2n) is 6.75. The van der Waals surface area contributed by atoms with Gasteiger partial charge in [0, 0.05) is 25.2 Å². The minimum Gasteiger partial charge on any atom is -0.591 e. The van der Waals surface area contributed by atoms with Crippen LogP contribution >= 0.6 is 0 Å². The summed E-state index contributed by atoms with van der Waals surface area (Å²) in [6.45, 7) is 6.55. The number of hydrogen-bond donors (Lipinski definition) is 0. The molecule has 1 aromatic heterocycles. The van der Waals surface area contributed by atoms with Crippen molar-refractivity contribution in [2.75, 3.05) is 6.61 Å². The SMILES string of the molecule is CCOC(=O)CC(CC(=N[S+]([O-])C(C)(C)C)c1cnn(C)c1)C(F)(F)F. The molecule has 26 heavy (non-hydrogen) atoms. The van der Waals surface area contributed by atoms with Gasteiger partial charge in [-0.25, -0.2) is 0 Å². The Morgan fingerprint density at radius 2 is 2.00 bits per heavy atom. The molecule has 0 spiro atoms. The lowest BCUT2D eigenvalue weighted by atomic mass is 9.95. The zero-order chi connectivity index (χ0) is 20.1. The van der Waals surface area contributed by atoms with E-state index in [2.05, 4.69) is 14.2 Å². The lowest BCUT2D eigenvalue weighted by Gasteiger charge is -2.22. The van der Waals surface area contributed by atoms with Crippen molar-refractivity contribution in [2.24, 2.45) is 17.4 Å². The van der Waals surface area contributed by atoms with Crippen molar-refractivity contribution < 1.29 is 27.3 Å². The van der Waals surface area contributed by atoms with Crippen LogP contribution in [0.25, 0.3) is 0 Å². The molecule has 0 radical (unpaired) electrons. The van der Waals surface area contributed by atoms with Gasteiger partial charge in [-0.15, -0.1) is 0 Å². The molecule has 1 rings (SSSR count). The summed E-state index contributed by atoms with van der Waals surface area (Å²) in [7, 11) is 1.61. The lowest BCUT2D eigenvalue weighted by Crippen LogP contribution is -2.31. The van der Waals surface area contributed by atoms with Gasteiger partial charge >= 0.3 is 12.1 Å². The summed E-state index contributed by atoms with van der Waals surface area (Å²) in [6.07, 6.45) is -3.18. The van der Waals surface area contributed by atoms with Gasteiger partial charge in [-0.1, -0.05) is 4.40 Å². The number of aromatic nitrogens is 2. The quantitative estimate of drug-likeness (QED) is 0.403. The molecule has 148 valence electrons. The van der Waals surface area contributed by atoms with Crippen LogP contribution in [-0.4, -0.2) is 43.5 Å². The molecule has 0 fully saturated rings. The largest absolute Gasteiger partial charge is 0.591 e. The van der Waals surface area contributed by atoms with Gasteiger partial charge in [0.25, 0.3) is 0 Å². The smallest absolute Gasteiger partial charge is 0.392 e. The van der Waals surface area contributed by atoms with Crippen LogP contribution in [0.5, 0.6) is 0 Å². The Bertz CT molecular complexity index is 639. The minimum atomic E-state index is -4.63. The average molecular weight is 395 g/mol. The summed E-state index contributed by atoms with van der Waals surface area (Å²) in [5.74, 6) is -2.92. The molecule has 1 aromatic rings. The molecule has 0 amide bonds. The Kier molecular flexibility index (Phi) is 7.70. The van der Waals surface area contributed by atoms with Crippen molar-refractivity contribution in [3.63, 3.8) is 0 Å². The Labute approximate surface area is 154 Å². The number of alkyl halides is 3. The standard InChI is InChI=1S/C16H24F3N3O3S/c1-6-25-14(23)8-12(16(17,18)19)7-13(11-9-20-22(5)10-11)21-26(24)15(2,3)4/h9-10,12H,6-8H2,1-5H3. The first kappa shape index (κ1) is 22.5. The van der Waals surface area contributed by atoms with Crippen LogP contribution in [0.3, 0.4) is 0 Å². The van der Waals surface area contributed by atoms with E-state index < -0.39 is 47.0 Å². The van der Waals surface area contributed by atoms with E-state index in [0.717, 1.165) is 0 Å². The molecule has 6 nitrogen and oxygen atoms in total. The van der Waals surface area contributed by atoms with Gasteiger partial charge in [0.05, 0.1) is 25.1 Å². The maximum Gasteiger partial charge on any atom is 0.392 e. The molecule has 0 aliphatic heterocycles. The molecule has 0 aromatic carbocycles. The molecule has 10 heteroatoms. The number of nitrogens with zero attached hydrogens (tertiary/aromatic N) is 3. The maximum absolute atomic E-state index is 13.4. The summed E-state index contributed by atoms with van der Waals surface area (Å²) in [4.78, 5) is 11.6. The van der Waals surface area contributed by atoms with E-state index >= 15 is 0 Å². The van der Waals surface area contributed by atoms with E-state index in [-0.39, 0.29) is 12.3 Å². The maximum atomic E-state index is 13.4. The fourth-order valence-electron chi connectivity index (χ4n) is 1.97. The number of halogens is 3. The predicted octanol–water partition coefficient (Wildman–Crippen LogP) is 3.19. The van der Waals surface area contributed by atoms with Crippen LogP contribution in [-0.2, 0) is 27.9 Å². The van der Waals surface area contributed by atoms with Gasteiger partial charge in [-0.2, -0.15) is 18.3 Å². The molecule has 0 aliphatic carbocycles. The van der Waals surface area contributed by atoms with Gasteiger partial charge in [0.15, 0.2) is 0 Å². The van der Waals surface area contributed by atoms with E-state index in [1.165, 1.54) is 24.0 Å². The van der Waals surface area contributed by atoms with Crippen LogP contribution in [0.4, 0.5) is 13.2 Å². The zero-order valence-electron chi connectivity index (χ0n) is 15.5. The Morgan fingerprint density at radius 3 is 2.42 bits per heavy atom. The van der Waals surface area contributed by atoms with Crippen molar-refractivity contribution >= 4 is 23.0 Å². The first-order valence-corrected chi connectivity index (χ1v) is 9.16. The van der Waals surface area contributed by atoms with Crippen molar-refractivity contribution in [3.05, 3.63) is 18.0 Å². The highest BCUT2D eigenvalue weighted by Crippen LogP contribution is 2.33. The third-order valence-electron chi connectivity index (χ3n) is 3.38. The van der Waals surface area contributed by atoms with Gasteiger partial charge in [0.2, 0.25) is 0 Å². The normalized spacial score (nSPS) is 15.7. The predicted molar refractivity (Wildman–Crippen MR) is 93.1 cm³/mol. The van der Waals surface area contributed by atoms with Crippen molar-refractivity contribution in [2.45, 2.75) is 51.5 Å². The third-order valence-corrected chi connectivity index (χ3v) is 4.81. The summed E-state index contributed by atoms with van der Waals surface area (Å²) < 4.78 is 61.9. The van der Waals surface area contributed by atoms with Gasteiger partial charge < -0.3 is 9.29 Å². The van der Waals surface area contributed by atoms with Gasteiger partial charge in [0.1, 0.15) is 21.8 Å². The number of esters is 1. The number of hydrogen-bond acceptors (Lipinski definition) is 5. The minimum absolute atomic E-state index is 0.000995. The molecule has 2 atom stereocenters. The monoisotopic (exact) mass is 395 g/mol. The molecule has 0 saturated heterocycles. The second-order valence-corrected chi connectivity index (χ2v) is 8.66.